The zero-order valence-corrected chi connectivity index (χ0v) is 12.1. The van der Waals surface area contributed by atoms with E-state index in [4.69, 9.17) is 14.6 Å². The van der Waals surface area contributed by atoms with Crippen LogP contribution in [0.15, 0.2) is 15.7 Å². The van der Waals surface area contributed by atoms with E-state index >= 15 is 0 Å². The van der Waals surface area contributed by atoms with Crippen molar-refractivity contribution in [1.82, 2.24) is 5.32 Å². The van der Waals surface area contributed by atoms with Crippen molar-refractivity contribution in [3.05, 3.63) is 17.0 Å². The number of amides is 1. The summed E-state index contributed by atoms with van der Waals surface area (Å²) in [6, 6.07) is 1.25. The van der Waals surface area contributed by atoms with Gasteiger partial charge in [-0.05, 0) is 6.07 Å². The van der Waals surface area contributed by atoms with Crippen LogP contribution in [-0.2, 0) is 19.5 Å². The van der Waals surface area contributed by atoms with Gasteiger partial charge >= 0.3 is 0 Å². The van der Waals surface area contributed by atoms with Gasteiger partial charge < -0.3 is 14.8 Å². The fourth-order valence-corrected chi connectivity index (χ4v) is 2.75. The third-order valence-corrected chi connectivity index (χ3v) is 4.47. The largest absolute Gasteiger partial charge is 0.382 e. The second kappa shape index (κ2) is 7.56. The molecule has 0 aliphatic carbocycles. The monoisotopic (exact) mass is 308 g/mol. The molecule has 0 atom stereocenters. The van der Waals surface area contributed by atoms with Gasteiger partial charge in [0, 0.05) is 19.0 Å². The number of nitrogens with one attached hydrogen (secondary N) is 1. The molecule has 1 heterocycles. The molecular formula is C10H16N2O5S2. The maximum absolute atomic E-state index is 11.7. The minimum absolute atomic E-state index is 0.0333. The Kier molecular flexibility index (Phi) is 6.38. The summed E-state index contributed by atoms with van der Waals surface area (Å²) in [5, 5.41) is 9.01. The second-order valence-corrected chi connectivity index (χ2v) is 6.26. The molecule has 0 saturated carbocycles. The molecule has 0 aliphatic rings. The molecule has 0 saturated heterocycles. The number of primary sulfonamides is 1. The molecule has 7 nitrogen and oxygen atoms in total. The van der Waals surface area contributed by atoms with Gasteiger partial charge in [0.1, 0.15) is 4.21 Å². The SMILES string of the molecule is COCCOCCNC(=O)c1csc(S(N)(=O)=O)c1. The molecule has 3 N–H and O–H groups in total. The molecule has 0 fully saturated rings. The summed E-state index contributed by atoms with van der Waals surface area (Å²) >= 11 is 0.914. The number of sulfonamides is 1. The zero-order chi connectivity index (χ0) is 14.3. The van der Waals surface area contributed by atoms with Crippen molar-refractivity contribution in [2.75, 3.05) is 33.5 Å². The lowest BCUT2D eigenvalue weighted by molar-refractivity contribution is 0.0693. The van der Waals surface area contributed by atoms with E-state index in [1.54, 1.807) is 7.11 Å². The van der Waals surface area contributed by atoms with Crippen LogP contribution in [0.3, 0.4) is 0 Å². The fourth-order valence-electron chi connectivity index (χ4n) is 1.17. The first-order valence-electron chi connectivity index (χ1n) is 5.41. The maximum atomic E-state index is 11.7. The summed E-state index contributed by atoms with van der Waals surface area (Å²) < 4.78 is 32.0. The molecule has 108 valence electrons. The van der Waals surface area contributed by atoms with Crippen LogP contribution in [0.2, 0.25) is 0 Å². The molecule has 1 aromatic heterocycles. The van der Waals surface area contributed by atoms with E-state index < -0.39 is 10.0 Å². The Labute approximate surface area is 115 Å². The van der Waals surface area contributed by atoms with Crippen molar-refractivity contribution in [3.8, 4) is 0 Å². The molecule has 0 spiro atoms. The first-order chi connectivity index (χ1) is 8.95. The van der Waals surface area contributed by atoms with E-state index in [1.807, 2.05) is 0 Å². The van der Waals surface area contributed by atoms with Crippen LogP contribution in [0.1, 0.15) is 10.4 Å². The molecule has 1 rings (SSSR count). The lowest BCUT2D eigenvalue weighted by atomic mass is 10.3. The van der Waals surface area contributed by atoms with Crippen LogP contribution in [0.5, 0.6) is 0 Å². The summed E-state index contributed by atoms with van der Waals surface area (Å²) in [5.41, 5.74) is 0.269. The van der Waals surface area contributed by atoms with Crippen molar-refractivity contribution in [3.63, 3.8) is 0 Å². The number of methoxy groups -OCH3 is 1. The third kappa shape index (κ3) is 5.66. The first kappa shape index (κ1) is 16.1. The Balaban J connectivity index is 2.36. The molecular weight excluding hydrogens is 292 g/mol. The van der Waals surface area contributed by atoms with Gasteiger partial charge in [0.05, 0.1) is 25.4 Å². The average Bonchev–Trinajstić information content (AvgIpc) is 2.82. The van der Waals surface area contributed by atoms with Crippen molar-refractivity contribution in [2.24, 2.45) is 5.14 Å². The van der Waals surface area contributed by atoms with Crippen molar-refractivity contribution in [2.45, 2.75) is 4.21 Å². The lowest BCUT2D eigenvalue weighted by Gasteiger charge is -2.04. The lowest BCUT2D eigenvalue weighted by Crippen LogP contribution is -2.27. The highest BCUT2D eigenvalue weighted by Crippen LogP contribution is 2.18. The van der Waals surface area contributed by atoms with Gasteiger partial charge in [0.2, 0.25) is 10.0 Å². The Morgan fingerprint density at radius 3 is 2.74 bits per heavy atom. The van der Waals surface area contributed by atoms with Gasteiger partial charge in [-0.15, -0.1) is 11.3 Å². The molecule has 0 unspecified atom stereocenters. The van der Waals surface area contributed by atoms with E-state index in [0.717, 1.165) is 11.3 Å². The van der Waals surface area contributed by atoms with E-state index in [9.17, 15) is 13.2 Å². The van der Waals surface area contributed by atoms with Gasteiger partial charge in [-0.1, -0.05) is 0 Å². The molecule has 1 amide bonds. The minimum atomic E-state index is -3.75. The number of nitrogens with two attached hydrogens (primary N) is 1. The van der Waals surface area contributed by atoms with Crippen molar-refractivity contribution in [1.29, 1.82) is 0 Å². The van der Waals surface area contributed by atoms with Gasteiger partial charge in [-0.3, -0.25) is 4.79 Å². The summed E-state index contributed by atoms with van der Waals surface area (Å²) in [5.74, 6) is -0.360. The molecule has 0 aromatic carbocycles. The normalized spacial score (nSPS) is 11.5. The molecule has 19 heavy (non-hydrogen) atoms. The highest BCUT2D eigenvalue weighted by atomic mass is 32.2. The van der Waals surface area contributed by atoms with Crippen LogP contribution in [-0.4, -0.2) is 47.8 Å². The molecule has 0 aliphatic heterocycles. The Morgan fingerprint density at radius 2 is 2.16 bits per heavy atom. The molecule has 0 bridgehead atoms. The quantitative estimate of drug-likeness (QED) is 0.646. The topological polar surface area (TPSA) is 108 Å². The Bertz CT molecular complexity index is 512. The number of rotatable bonds is 8. The van der Waals surface area contributed by atoms with Gasteiger partial charge in [-0.2, -0.15) is 0 Å². The van der Waals surface area contributed by atoms with Crippen molar-refractivity contribution < 1.29 is 22.7 Å². The highest BCUT2D eigenvalue weighted by Gasteiger charge is 2.14. The summed E-state index contributed by atoms with van der Waals surface area (Å²) in [6.07, 6.45) is 0. The smallest absolute Gasteiger partial charge is 0.252 e. The predicted molar refractivity (Wildman–Crippen MR) is 70.7 cm³/mol. The van der Waals surface area contributed by atoms with E-state index in [-0.39, 0.29) is 15.7 Å². The molecule has 0 radical (unpaired) electrons. The van der Waals surface area contributed by atoms with E-state index in [0.29, 0.717) is 26.4 Å². The van der Waals surface area contributed by atoms with Gasteiger partial charge in [0.15, 0.2) is 0 Å². The van der Waals surface area contributed by atoms with Crippen LogP contribution in [0.25, 0.3) is 0 Å². The predicted octanol–water partition coefficient (Wildman–Crippen LogP) is -0.212. The summed E-state index contributed by atoms with van der Waals surface area (Å²) in [7, 11) is -2.18. The Hall–Kier alpha value is -1.00. The van der Waals surface area contributed by atoms with Gasteiger partial charge in [-0.25, -0.2) is 13.6 Å². The van der Waals surface area contributed by atoms with E-state index in [2.05, 4.69) is 5.32 Å². The number of hydrogen-bond acceptors (Lipinski definition) is 6. The number of carbonyl (C=O) groups is 1. The summed E-state index contributed by atoms with van der Waals surface area (Å²) in [6.45, 7) is 1.65. The number of ether oxygens (including phenoxy) is 2. The third-order valence-electron chi connectivity index (χ3n) is 2.08. The standard InChI is InChI=1S/C10H16N2O5S2/c1-16-4-5-17-3-2-12-10(13)8-6-9(18-7-8)19(11,14)15/h6-7H,2-5H2,1H3,(H,12,13)(H2,11,14,15). The van der Waals surface area contributed by atoms with Crippen LogP contribution >= 0.6 is 11.3 Å². The zero-order valence-electron chi connectivity index (χ0n) is 10.4. The first-order valence-corrected chi connectivity index (χ1v) is 7.84. The Morgan fingerprint density at radius 1 is 1.42 bits per heavy atom. The highest BCUT2D eigenvalue weighted by molar-refractivity contribution is 7.91. The van der Waals surface area contributed by atoms with Gasteiger partial charge in [0.25, 0.3) is 5.91 Å². The minimum Gasteiger partial charge on any atom is -0.382 e. The second-order valence-electron chi connectivity index (χ2n) is 3.56. The van der Waals surface area contributed by atoms with Crippen LogP contribution in [0, 0.1) is 0 Å². The molecule has 9 heteroatoms. The average molecular weight is 308 g/mol. The number of thiophene rings is 1. The molecule has 1 aromatic rings. The van der Waals surface area contributed by atoms with Crippen molar-refractivity contribution >= 4 is 27.3 Å². The van der Waals surface area contributed by atoms with Crippen LogP contribution in [0.4, 0.5) is 0 Å². The fraction of sp³-hybridized carbons (Fsp3) is 0.500. The maximum Gasteiger partial charge on any atom is 0.252 e. The van der Waals surface area contributed by atoms with E-state index in [1.165, 1.54) is 11.4 Å². The number of hydrogen-bond donors (Lipinski definition) is 2. The number of carbonyl (C=O) groups excluding carboxylic acids is 1. The summed E-state index contributed by atoms with van der Waals surface area (Å²) in [4.78, 5) is 11.7. The van der Waals surface area contributed by atoms with Crippen LogP contribution < -0.4 is 10.5 Å².